The number of rotatable bonds is 4. The van der Waals surface area contributed by atoms with Gasteiger partial charge in [-0.1, -0.05) is 30.3 Å². The normalized spacial score (nSPS) is 20.5. The van der Waals surface area contributed by atoms with Crippen LogP contribution in [0.3, 0.4) is 0 Å². The van der Waals surface area contributed by atoms with Crippen LogP contribution in [-0.4, -0.2) is 27.9 Å². The highest BCUT2D eigenvalue weighted by Crippen LogP contribution is 2.38. The van der Waals surface area contributed by atoms with Crippen LogP contribution in [0.2, 0.25) is 0 Å². The topological polar surface area (TPSA) is 46.6 Å². The van der Waals surface area contributed by atoms with Crippen molar-refractivity contribution in [2.75, 3.05) is 0 Å². The first-order chi connectivity index (χ1) is 11.1. The maximum atomic E-state index is 12.7. The zero-order valence-corrected chi connectivity index (χ0v) is 15.3. The first kappa shape index (κ1) is 18.4. The molecule has 4 nitrogen and oxygen atoms in total. The van der Waals surface area contributed by atoms with E-state index in [1.54, 1.807) is 11.1 Å². The van der Waals surface area contributed by atoms with Crippen LogP contribution in [0.1, 0.15) is 59.4 Å². The van der Waals surface area contributed by atoms with Crippen LogP contribution >= 0.6 is 0 Å². The number of ketones is 1. The Kier molecular flexibility index (Phi) is 5.29. The molecular weight excluding hydrogens is 302 g/mol. The smallest absolute Gasteiger partial charge is 0.360 e. The summed E-state index contributed by atoms with van der Waals surface area (Å²) in [7, 11) is 0. The van der Waals surface area contributed by atoms with E-state index >= 15 is 0 Å². The van der Waals surface area contributed by atoms with Gasteiger partial charge in [0.25, 0.3) is 0 Å². The van der Waals surface area contributed by atoms with E-state index in [0.717, 1.165) is 24.8 Å². The molecule has 4 heteroatoms. The Morgan fingerprint density at radius 3 is 2.08 bits per heavy atom. The molecule has 1 aromatic carbocycles. The second kappa shape index (κ2) is 6.89. The summed E-state index contributed by atoms with van der Waals surface area (Å²) in [6, 6.07) is 9.33. The molecular formula is C20H27NO3. The standard InChI is InChI=1S/C20H27NO3/c1-15(22)17(14-16-10-7-6-8-11-16)18(23)24-21-19(2,3)12-9-13-20(21,4)5/h6-8,10-11,14H,9,12-13H2,1-5H3/b17-14+. The molecule has 1 aliphatic heterocycles. The summed E-state index contributed by atoms with van der Waals surface area (Å²) < 4.78 is 0. The Morgan fingerprint density at radius 2 is 1.58 bits per heavy atom. The van der Waals surface area contributed by atoms with Crippen molar-refractivity contribution in [3.8, 4) is 0 Å². The van der Waals surface area contributed by atoms with E-state index in [1.165, 1.54) is 6.92 Å². The van der Waals surface area contributed by atoms with E-state index < -0.39 is 5.97 Å². The maximum Gasteiger partial charge on any atom is 0.360 e. The van der Waals surface area contributed by atoms with Gasteiger partial charge in [0.1, 0.15) is 5.57 Å². The Labute approximate surface area is 144 Å². The predicted molar refractivity (Wildman–Crippen MR) is 95.0 cm³/mol. The average molecular weight is 329 g/mol. The largest absolute Gasteiger partial charge is 0.363 e. The second-order valence-corrected chi connectivity index (χ2v) is 7.68. The molecule has 1 fully saturated rings. The van der Waals surface area contributed by atoms with Crippen molar-refractivity contribution < 1.29 is 14.4 Å². The molecule has 1 aromatic rings. The van der Waals surface area contributed by atoms with Crippen LogP contribution in [0.25, 0.3) is 6.08 Å². The lowest BCUT2D eigenvalue weighted by Crippen LogP contribution is -2.59. The van der Waals surface area contributed by atoms with E-state index in [0.29, 0.717) is 0 Å². The van der Waals surface area contributed by atoms with Gasteiger partial charge in [-0.2, -0.15) is 0 Å². The fourth-order valence-corrected chi connectivity index (χ4v) is 3.38. The van der Waals surface area contributed by atoms with Gasteiger partial charge in [-0.3, -0.25) is 4.79 Å². The molecule has 0 aliphatic carbocycles. The van der Waals surface area contributed by atoms with Crippen LogP contribution < -0.4 is 0 Å². The number of carbonyl (C=O) groups excluding carboxylic acids is 2. The highest BCUT2D eigenvalue weighted by atomic mass is 16.7. The lowest BCUT2D eigenvalue weighted by atomic mass is 9.82. The number of hydrogen-bond donors (Lipinski definition) is 0. The molecule has 0 radical (unpaired) electrons. The molecule has 1 aliphatic rings. The van der Waals surface area contributed by atoms with Crippen molar-refractivity contribution in [1.29, 1.82) is 0 Å². The zero-order valence-electron chi connectivity index (χ0n) is 15.3. The summed E-state index contributed by atoms with van der Waals surface area (Å²) in [6.07, 6.45) is 4.57. The molecule has 0 aromatic heterocycles. The fraction of sp³-hybridized carbons (Fsp3) is 0.500. The molecule has 130 valence electrons. The minimum Gasteiger partial charge on any atom is -0.363 e. The minimum absolute atomic E-state index is 0.0679. The predicted octanol–water partition coefficient (Wildman–Crippen LogP) is 4.16. The van der Waals surface area contributed by atoms with Gasteiger partial charge in [0.2, 0.25) is 0 Å². The number of Topliss-reactive ketones (excluding diaryl/α,β-unsaturated/α-hetero) is 1. The molecule has 0 saturated carbocycles. The van der Waals surface area contributed by atoms with Crippen molar-refractivity contribution in [3.63, 3.8) is 0 Å². The second-order valence-electron chi connectivity index (χ2n) is 7.68. The lowest BCUT2D eigenvalue weighted by Gasteiger charge is -2.50. The van der Waals surface area contributed by atoms with Crippen molar-refractivity contribution in [2.45, 2.75) is 65.0 Å². The molecule has 0 unspecified atom stereocenters. The fourth-order valence-electron chi connectivity index (χ4n) is 3.38. The van der Waals surface area contributed by atoms with E-state index in [2.05, 4.69) is 27.7 Å². The van der Waals surface area contributed by atoms with E-state index in [1.807, 2.05) is 30.3 Å². The zero-order chi connectivity index (χ0) is 18.0. The molecule has 0 amide bonds. The number of benzene rings is 1. The van der Waals surface area contributed by atoms with Crippen LogP contribution in [0.4, 0.5) is 0 Å². The van der Waals surface area contributed by atoms with Gasteiger partial charge in [0.05, 0.1) is 11.1 Å². The van der Waals surface area contributed by atoms with Crippen molar-refractivity contribution in [1.82, 2.24) is 5.06 Å². The highest BCUT2D eigenvalue weighted by molar-refractivity contribution is 6.19. The molecule has 1 saturated heterocycles. The number of carbonyl (C=O) groups is 2. The van der Waals surface area contributed by atoms with Gasteiger partial charge < -0.3 is 4.84 Å². The maximum absolute atomic E-state index is 12.7. The third-order valence-corrected chi connectivity index (χ3v) is 4.56. The molecule has 0 atom stereocenters. The molecule has 24 heavy (non-hydrogen) atoms. The molecule has 0 spiro atoms. The Bertz CT molecular complexity index is 628. The SMILES string of the molecule is CC(=O)/C(=C\c1ccccc1)C(=O)ON1C(C)(C)CCCC1(C)C. The Balaban J connectivity index is 2.28. The molecule has 0 N–H and O–H groups in total. The van der Waals surface area contributed by atoms with Gasteiger partial charge in [0.15, 0.2) is 5.78 Å². The van der Waals surface area contributed by atoms with Gasteiger partial charge in [-0.05, 0) is 65.5 Å². The summed E-state index contributed by atoms with van der Waals surface area (Å²) in [5, 5.41) is 1.77. The van der Waals surface area contributed by atoms with E-state index in [9.17, 15) is 9.59 Å². The highest BCUT2D eigenvalue weighted by Gasteiger charge is 2.44. The number of nitrogens with zero attached hydrogens (tertiary/aromatic N) is 1. The monoisotopic (exact) mass is 329 g/mol. The number of hydrogen-bond acceptors (Lipinski definition) is 4. The van der Waals surface area contributed by atoms with Gasteiger partial charge in [-0.15, -0.1) is 5.06 Å². The first-order valence-corrected chi connectivity index (χ1v) is 8.44. The van der Waals surface area contributed by atoms with Gasteiger partial charge in [0, 0.05) is 0 Å². The van der Waals surface area contributed by atoms with Crippen LogP contribution in [0, 0.1) is 0 Å². The summed E-state index contributed by atoms with van der Waals surface area (Å²) in [5.41, 5.74) is 0.355. The lowest BCUT2D eigenvalue weighted by molar-refractivity contribution is -0.262. The average Bonchev–Trinajstić information content (AvgIpc) is 2.49. The van der Waals surface area contributed by atoms with Gasteiger partial charge >= 0.3 is 5.97 Å². The number of piperidine rings is 1. The van der Waals surface area contributed by atoms with Gasteiger partial charge in [-0.25, -0.2) is 4.79 Å². The Morgan fingerprint density at radius 1 is 1.04 bits per heavy atom. The molecule has 1 heterocycles. The van der Waals surface area contributed by atoms with Crippen molar-refractivity contribution in [3.05, 3.63) is 41.5 Å². The Hall–Kier alpha value is -1.94. The summed E-state index contributed by atoms with van der Waals surface area (Å²) in [5.74, 6) is -0.883. The first-order valence-electron chi connectivity index (χ1n) is 8.44. The van der Waals surface area contributed by atoms with E-state index in [4.69, 9.17) is 4.84 Å². The number of hydroxylamine groups is 2. The third-order valence-electron chi connectivity index (χ3n) is 4.56. The minimum atomic E-state index is -0.589. The third kappa shape index (κ3) is 4.12. The van der Waals surface area contributed by atoms with Crippen LogP contribution in [0.5, 0.6) is 0 Å². The van der Waals surface area contributed by atoms with Crippen molar-refractivity contribution >= 4 is 17.8 Å². The van der Waals surface area contributed by atoms with Crippen LogP contribution in [-0.2, 0) is 14.4 Å². The quantitative estimate of drug-likeness (QED) is 0.473. The van der Waals surface area contributed by atoms with Crippen molar-refractivity contribution in [2.24, 2.45) is 0 Å². The van der Waals surface area contributed by atoms with Crippen LogP contribution in [0.15, 0.2) is 35.9 Å². The summed E-state index contributed by atoms with van der Waals surface area (Å²) >= 11 is 0. The summed E-state index contributed by atoms with van der Waals surface area (Å²) in [4.78, 5) is 30.4. The summed E-state index contributed by atoms with van der Waals surface area (Å²) in [6.45, 7) is 9.65. The van der Waals surface area contributed by atoms with E-state index in [-0.39, 0.29) is 22.4 Å². The molecule has 0 bridgehead atoms. The molecule has 2 rings (SSSR count).